The first-order valence-electron chi connectivity index (χ1n) is 6.68. The lowest BCUT2D eigenvalue weighted by Crippen LogP contribution is -2.23. The lowest BCUT2D eigenvalue weighted by molar-refractivity contribution is -0.121. The molecule has 0 aliphatic carbocycles. The van der Waals surface area contributed by atoms with Crippen LogP contribution in [0, 0.1) is 11.6 Å². The van der Waals surface area contributed by atoms with Crippen molar-refractivity contribution >= 4 is 23.2 Å². The molecule has 116 valence electrons. The molecule has 3 rings (SSSR count). The number of halogens is 2. The summed E-state index contributed by atoms with van der Waals surface area (Å²) in [6, 6.07) is 10.6. The van der Waals surface area contributed by atoms with Crippen molar-refractivity contribution in [3.05, 3.63) is 59.7 Å². The Bertz CT molecular complexity index is 890. The molecule has 0 bridgehead atoms. The van der Waals surface area contributed by atoms with E-state index in [1.165, 1.54) is 17.0 Å². The van der Waals surface area contributed by atoms with Gasteiger partial charge in [-0.15, -0.1) is 5.10 Å². The van der Waals surface area contributed by atoms with E-state index < -0.39 is 17.5 Å². The van der Waals surface area contributed by atoms with Crippen molar-refractivity contribution in [3.8, 4) is 0 Å². The molecule has 1 amide bonds. The Kier molecular flexibility index (Phi) is 4.05. The van der Waals surface area contributed by atoms with E-state index in [1.54, 1.807) is 12.1 Å². The normalized spacial score (nSPS) is 11.2. The highest BCUT2D eigenvalue weighted by Gasteiger charge is 2.07. The maximum Gasteiger partial charge on any atom is 0.261 e. The van der Waals surface area contributed by atoms with Crippen molar-refractivity contribution in [3.63, 3.8) is 0 Å². The summed E-state index contributed by atoms with van der Waals surface area (Å²) in [7, 11) is 0. The molecule has 0 aliphatic rings. The Balaban J connectivity index is 1.63. The topological polar surface area (TPSA) is 72.2 Å². The number of amides is 1. The van der Waals surface area contributed by atoms with Gasteiger partial charge >= 0.3 is 0 Å². The van der Waals surface area contributed by atoms with Crippen LogP contribution >= 0.6 is 0 Å². The number of hydrogen-bond acceptors (Lipinski definition) is 4. The number of rotatable bonds is 4. The van der Waals surface area contributed by atoms with E-state index in [-0.39, 0.29) is 6.54 Å². The van der Waals surface area contributed by atoms with Crippen molar-refractivity contribution < 1.29 is 13.6 Å². The molecule has 1 N–H and O–H groups in total. The molecule has 23 heavy (non-hydrogen) atoms. The number of carbonyl (C=O) groups excluding carboxylic acids is 1. The lowest BCUT2D eigenvalue weighted by Gasteiger charge is -2.01. The molecule has 1 aromatic heterocycles. The van der Waals surface area contributed by atoms with Crippen LogP contribution in [0.4, 0.5) is 8.78 Å². The Hall–Kier alpha value is -3.16. The van der Waals surface area contributed by atoms with Crippen LogP contribution in [0.1, 0.15) is 5.56 Å². The highest BCUT2D eigenvalue weighted by atomic mass is 19.2. The van der Waals surface area contributed by atoms with Crippen molar-refractivity contribution in [1.82, 2.24) is 20.4 Å². The number of nitrogens with one attached hydrogen (secondary N) is 1. The summed E-state index contributed by atoms with van der Waals surface area (Å²) in [5.41, 5.74) is 4.04. The molecule has 0 atom stereocenters. The third-order valence-electron chi connectivity index (χ3n) is 3.06. The molecular weight excluding hydrogens is 304 g/mol. The third-order valence-corrected chi connectivity index (χ3v) is 3.06. The van der Waals surface area contributed by atoms with Gasteiger partial charge in [-0.05, 0) is 29.8 Å². The zero-order valence-electron chi connectivity index (χ0n) is 11.8. The zero-order chi connectivity index (χ0) is 16.2. The van der Waals surface area contributed by atoms with E-state index in [0.717, 1.165) is 17.6 Å². The molecule has 0 spiro atoms. The first kappa shape index (κ1) is 14.8. The first-order chi connectivity index (χ1) is 11.1. The lowest BCUT2D eigenvalue weighted by atomic mass is 10.2. The zero-order valence-corrected chi connectivity index (χ0v) is 11.8. The smallest absolute Gasteiger partial charge is 0.261 e. The highest BCUT2D eigenvalue weighted by Crippen LogP contribution is 2.09. The maximum absolute atomic E-state index is 13.0. The van der Waals surface area contributed by atoms with E-state index >= 15 is 0 Å². The average molecular weight is 315 g/mol. The summed E-state index contributed by atoms with van der Waals surface area (Å²) < 4.78 is 27.2. The van der Waals surface area contributed by atoms with Crippen LogP contribution in [-0.4, -0.2) is 27.1 Å². The van der Waals surface area contributed by atoms with E-state index in [1.807, 2.05) is 12.1 Å². The largest absolute Gasteiger partial charge is 0.271 e. The van der Waals surface area contributed by atoms with Gasteiger partial charge in [0.2, 0.25) is 0 Å². The number of carbonyl (C=O) groups is 1. The van der Waals surface area contributed by atoms with Crippen LogP contribution in [0.25, 0.3) is 11.0 Å². The minimum atomic E-state index is -0.977. The maximum atomic E-state index is 13.0. The molecule has 3 aromatic rings. The molecule has 0 saturated heterocycles. The Labute approximate surface area is 129 Å². The number of hydrogen-bond donors (Lipinski definition) is 1. The first-order valence-corrected chi connectivity index (χ1v) is 6.68. The number of para-hydroxylation sites is 1. The third kappa shape index (κ3) is 3.37. The molecule has 1 heterocycles. The number of hydrazone groups is 1. The van der Waals surface area contributed by atoms with Crippen LogP contribution in [0.15, 0.2) is 47.6 Å². The Morgan fingerprint density at radius 2 is 2.04 bits per heavy atom. The van der Waals surface area contributed by atoms with Gasteiger partial charge < -0.3 is 0 Å². The van der Waals surface area contributed by atoms with Gasteiger partial charge in [0.15, 0.2) is 11.6 Å². The summed E-state index contributed by atoms with van der Waals surface area (Å²) in [4.78, 5) is 11.8. The summed E-state index contributed by atoms with van der Waals surface area (Å²) in [6.45, 7) is -0.0599. The second kappa shape index (κ2) is 6.30. The Morgan fingerprint density at radius 3 is 2.87 bits per heavy atom. The number of aromatic nitrogens is 3. The Morgan fingerprint density at radius 1 is 1.22 bits per heavy atom. The minimum absolute atomic E-state index is 0.0599. The summed E-state index contributed by atoms with van der Waals surface area (Å²) in [6.07, 6.45) is 1.22. The second-order valence-electron chi connectivity index (χ2n) is 4.70. The van der Waals surface area contributed by atoms with Crippen molar-refractivity contribution in [1.29, 1.82) is 0 Å². The van der Waals surface area contributed by atoms with Gasteiger partial charge in [-0.25, -0.2) is 18.9 Å². The monoisotopic (exact) mass is 315 g/mol. The van der Waals surface area contributed by atoms with Gasteiger partial charge in [-0.3, -0.25) is 4.79 Å². The number of nitrogens with zero attached hydrogens (tertiary/aromatic N) is 4. The van der Waals surface area contributed by atoms with Crippen LogP contribution in [0.5, 0.6) is 0 Å². The average Bonchev–Trinajstić information content (AvgIpc) is 2.94. The van der Waals surface area contributed by atoms with Crippen LogP contribution in [0.3, 0.4) is 0 Å². The van der Waals surface area contributed by atoms with E-state index in [4.69, 9.17) is 0 Å². The molecule has 8 heteroatoms. The molecule has 6 nitrogen and oxygen atoms in total. The molecule has 0 fully saturated rings. The minimum Gasteiger partial charge on any atom is -0.271 e. The number of benzene rings is 2. The SMILES string of the molecule is O=C(Cn1nnc2ccccc21)N/N=C/c1ccc(F)c(F)c1. The van der Waals surface area contributed by atoms with Crippen LogP contribution < -0.4 is 5.43 Å². The molecule has 2 aromatic carbocycles. The van der Waals surface area contributed by atoms with E-state index in [9.17, 15) is 13.6 Å². The molecule has 0 aliphatic heterocycles. The quantitative estimate of drug-likeness (QED) is 0.590. The van der Waals surface area contributed by atoms with Gasteiger partial charge in [-0.1, -0.05) is 23.4 Å². The summed E-state index contributed by atoms with van der Waals surface area (Å²) in [5.74, 6) is -2.34. The van der Waals surface area contributed by atoms with Crippen molar-refractivity contribution in [2.24, 2.45) is 5.10 Å². The summed E-state index contributed by atoms with van der Waals surface area (Å²) >= 11 is 0. The van der Waals surface area contributed by atoms with Crippen LogP contribution in [0.2, 0.25) is 0 Å². The standard InChI is InChI=1S/C15H11F2N5O/c16-11-6-5-10(7-12(11)17)8-18-20-15(23)9-22-14-4-2-1-3-13(14)19-21-22/h1-8H,9H2,(H,20,23)/b18-8+. The van der Waals surface area contributed by atoms with Crippen molar-refractivity contribution in [2.75, 3.05) is 0 Å². The van der Waals surface area contributed by atoms with Crippen LogP contribution in [-0.2, 0) is 11.3 Å². The van der Waals surface area contributed by atoms with Crippen molar-refractivity contribution in [2.45, 2.75) is 6.54 Å². The van der Waals surface area contributed by atoms with Gasteiger partial charge in [0.05, 0.1) is 11.7 Å². The number of fused-ring (bicyclic) bond motifs is 1. The fourth-order valence-electron chi connectivity index (χ4n) is 1.98. The molecule has 0 saturated carbocycles. The van der Waals surface area contributed by atoms with Gasteiger partial charge in [0.1, 0.15) is 12.1 Å². The second-order valence-corrected chi connectivity index (χ2v) is 4.70. The summed E-state index contributed by atoms with van der Waals surface area (Å²) in [5, 5.41) is 11.5. The predicted octanol–water partition coefficient (Wildman–Crippen LogP) is 1.86. The molecule has 0 radical (unpaired) electrons. The van der Waals surface area contributed by atoms with Gasteiger partial charge in [-0.2, -0.15) is 5.10 Å². The van der Waals surface area contributed by atoms with E-state index in [2.05, 4.69) is 20.8 Å². The fraction of sp³-hybridized carbons (Fsp3) is 0.0667. The highest BCUT2D eigenvalue weighted by molar-refractivity contribution is 5.83. The predicted molar refractivity (Wildman–Crippen MR) is 79.6 cm³/mol. The fourth-order valence-corrected chi connectivity index (χ4v) is 1.98. The van der Waals surface area contributed by atoms with Gasteiger partial charge in [0.25, 0.3) is 5.91 Å². The van der Waals surface area contributed by atoms with Gasteiger partial charge in [0, 0.05) is 0 Å². The molecular formula is C15H11F2N5O. The molecule has 0 unspecified atom stereocenters. The van der Waals surface area contributed by atoms with E-state index in [0.29, 0.717) is 11.1 Å².